The van der Waals surface area contributed by atoms with Gasteiger partial charge in [-0.1, -0.05) is 0 Å². The summed E-state index contributed by atoms with van der Waals surface area (Å²) in [5, 5.41) is 19.1. The first-order valence-electron chi connectivity index (χ1n) is 3.85. The van der Waals surface area contributed by atoms with Gasteiger partial charge in [-0.3, -0.25) is 10.1 Å². The molecular weight excluding hydrogens is 245 g/mol. The number of anilines is 1. The summed E-state index contributed by atoms with van der Waals surface area (Å²) in [6.45, 7) is 0. The molecule has 2 N–H and O–H groups in total. The number of nitrogens with two attached hydrogens (primary N) is 1. The number of hydrogen-bond donors (Lipinski definition) is 1. The average Bonchev–Trinajstić information content (AvgIpc) is 2.17. The van der Waals surface area contributed by atoms with Crippen LogP contribution in [0.1, 0.15) is 5.56 Å². The SMILES string of the molecule is N#Cc1c(N)cnc(OC(F)(F)F)c1[N+](=O)[O-]. The van der Waals surface area contributed by atoms with Crippen LogP contribution in [0.5, 0.6) is 5.88 Å². The molecular formula is C7H3F3N4O3. The van der Waals surface area contributed by atoms with Gasteiger partial charge in [0.2, 0.25) is 0 Å². The lowest BCUT2D eigenvalue weighted by molar-refractivity contribution is -0.389. The molecule has 0 bridgehead atoms. The average molecular weight is 248 g/mol. The molecule has 7 nitrogen and oxygen atoms in total. The maximum Gasteiger partial charge on any atom is 0.574 e. The van der Waals surface area contributed by atoms with E-state index in [-0.39, 0.29) is 0 Å². The first-order valence-corrected chi connectivity index (χ1v) is 3.85. The van der Waals surface area contributed by atoms with E-state index in [1.807, 2.05) is 0 Å². The summed E-state index contributed by atoms with van der Waals surface area (Å²) < 4.78 is 39.1. The molecule has 0 unspecified atom stereocenters. The van der Waals surface area contributed by atoms with Crippen molar-refractivity contribution in [3.63, 3.8) is 0 Å². The number of nitrogen functional groups attached to an aromatic ring is 1. The quantitative estimate of drug-likeness (QED) is 0.623. The number of alkyl halides is 3. The van der Waals surface area contributed by atoms with Gasteiger partial charge in [-0.15, -0.1) is 13.2 Å². The summed E-state index contributed by atoms with van der Waals surface area (Å²) >= 11 is 0. The van der Waals surface area contributed by atoms with Gasteiger partial charge in [-0.2, -0.15) is 5.26 Å². The Bertz CT molecular complexity index is 508. The summed E-state index contributed by atoms with van der Waals surface area (Å²) in [4.78, 5) is 12.4. The number of aromatic nitrogens is 1. The summed E-state index contributed by atoms with van der Waals surface area (Å²) in [5.74, 6) is -1.33. The fourth-order valence-electron chi connectivity index (χ4n) is 0.969. The van der Waals surface area contributed by atoms with E-state index in [1.54, 1.807) is 0 Å². The van der Waals surface area contributed by atoms with E-state index in [2.05, 4.69) is 9.72 Å². The Morgan fingerprint density at radius 3 is 2.59 bits per heavy atom. The van der Waals surface area contributed by atoms with Crippen molar-refractivity contribution in [2.75, 3.05) is 5.73 Å². The summed E-state index contributed by atoms with van der Waals surface area (Å²) in [6, 6.07) is 1.32. The second kappa shape index (κ2) is 4.12. The Morgan fingerprint density at radius 1 is 1.59 bits per heavy atom. The number of nitriles is 1. The molecule has 0 aliphatic carbocycles. The fourth-order valence-corrected chi connectivity index (χ4v) is 0.969. The van der Waals surface area contributed by atoms with Crippen LogP contribution in [0.2, 0.25) is 0 Å². The van der Waals surface area contributed by atoms with Crippen molar-refractivity contribution in [3.8, 4) is 11.9 Å². The third kappa shape index (κ3) is 2.71. The second-order valence-electron chi connectivity index (χ2n) is 2.66. The fraction of sp³-hybridized carbons (Fsp3) is 0.143. The molecule has 17 heavy (non-hydrogen) atoms. The lowest BCUT2D eigenvalue weighted by atomic mass is 10.2. The number of nitrogens with zero attached hydrogens (tertiary/aromatic N) is 3. The lowest BCUT2D eigenvalue weighted by Crippen LogP contribution is -2.19. The third-order valence-electron chi connectivity index (χ3n) is 1.56. The summed E-state index contributed by atoms with van der Waals surface area (Å²) in [7, 11) is 0. The maximum atomic E-state index is 11.9. The van der Waals surface area contributed by atoms with Crippen molar-refractivity contribution in [2.45, 2.75) is 6.36 Å². The van der Waals surface area contributed by atoms with Crippen LogP contribution in [-0.4, -0.2) is 16.3 Å². The Balaban J connectivity index is 3.42. The van der Waals surface area contributed by atoms with Crippen molar-refractivity contribution in [1.82, 2.24) is 4.98 Å². The van der Waals surface area contributed by atoms with Crippen molar-refractivity contribution in [2.24, 2.45) is 0 Å². The monoisotopic (exact) mass is 248 g/mol. The highest BCUT2D eigenvalue weighted by Gasteiger charge is 2.37. The van der Waals surface area contributed by atoms with E-state index in [9.17, 15) is 23.3 Å². The number of rotatable bonds is 2. The molecule has 0 aromatic carbocycles. The number of nitro groups is 1. The molecule has 0 aliphatic heterocycles. The van der Waals surface area contributed by atoms with Crippen LogP contribution >= 0.6 is 0 Å². The topological polar surface area (TPSA) is 115 Å². The van der Waals surface area contributed by atoms with Crippen molar-refractivity contribution in [1.29, 1.82) is 5.26 Å². The zero-order valence-corrected chi connectivity index (χ0v) is 7.85. The molecule has 0 spiro atoms. The van der Waals surface area contributed by atoms with Gasteiger partial charge in [-0.25, -0.2) is 4.98 Å². The van der Waals surface area contributed by atoms with Crippen LogP contribution in [0, 0.1) is 21.4 Å². The molecule has 0 aliphatic rings. The maximum absolute atomic E-state index is 11.9. The van der Waals surface area contributed by atoms with Gasteiger partial charge in [0.1, 0.15) is 6.07 Å². The molecule has 1 heterocycles. The Hall–Kier alpha value is -2.57. The minimum atomic E-state index is -5.15. The Morgan fingerprint density at radius 2 is 2.18 bits per heavy atom. The first kappa shape index (κ1) is 12.5. The molecule has 0 amide bonds. The third-order valence-corrected chi connectivity index (χ3v) is 1.56. The lowest BCUT2D eigenvalue weighted by Gasteiger charge is -2.08. The van der Waals surface area contributed by atoms with Crippen LogP contribution < -0.4 is 10.5 Å². The largest absolute Gasteiger partial charge is 0.574 e. The van der Waals surface area contributed by atoms with E-state index >= 15 is 0 Å². The first-order chi connectivity index (χ1) is 7.76. The van der Waals surface area contributed by atoms with Crippen molar-refractivity contribution < 1.29 is 22.8 Å². The smallest absolute Gasteiger partial charge is 0.396 e. The molecule has 0 fully saturated rings. The molecule has 10 heteroatoms. The molecule has 0 atom stereocenters. The molecule has 0 radical (unpaired) electrons. The van der Waals surface area contributed by atoms with Gasteiger partial charge in [0.05, 0.1) is 16.8 Å². The van der Waals surface area contributed by atoms with Crippen molar-refractivity contribution >= 4 is 11.4 Å². The standard InChI is InChI=1S/C7H3F3N4O3/c8-7(9,10)17-6-5(14(15)16)3(1-11)4(12)2-13-6/h2H,12H2. The minimum absolute atomic E-state index is 0.409. The zero-order valence-electron chi connectivity index (χ0n) is 7.85. The van der Waals surface area contributed by atoms with Gasteiger partial charge in [0.25, 0.3) is 0 Å². The van der Waals surface area contributed by atoms with Gasteiger partial charge in [0.15, 0.2) is 5.56 Å². The van der Waals surface area contributed by atoms with E-state index in [4.69, 9.17) is 11.0 Å². The molecule has 90 valence electrons. The Labute approximate surface area is 91.4 Å². The number of halogens is 3. The molecule has 1 rings (SSSR count). The van der Waals surface area contributed by atoms with E-state index in [0.717, 1.165) is 0 Å². The van der Waals surface area contributed by atoms with Gasteiger partial charge in [-0.05, 0) is 0 Å². The highest BCUT2D eigenvalue weighted by atomic mass is 19.4. The predicted molar refractivity (Wildman–Crippen MR) is 46.7 cm³/mol. The van der Waals surface area contributed by atoms with Crippen LogP contribution in [0.3, 0.4) is 0 Å². The van der Waals surface area contributed by atoms with E-state index in [1.165, 1.54) is 6.07 Å². The predicted octanol–water partition coefficient (Wildman–Crippen LogP) is 1.34. The van der Waals surface area contributed by atoms with Crippen LogP contribution in [0.4, 0.5) is 24.5 Å². The van der Waals surface area contributed by atoms with E-state index < -0.39 is 34.1 Å². The van der Waals surface area contributed by atoms with Gasteiger partial charge in [0, 0.05) is 0 Å². The van der Waals surface area contributed by atoms with Crippen LogP contribution in [0.25, 0.3) is 0 Å². The van der Waals surface area contributed by atoms with E-state index in [0.29, 0.717) is 6.20 Å². The number of ether oxygens (including phenoxy) is 1. The minimum Gasteiger partial charge on any atom is -0.396 e. The highest BCUT2D eigenvalue weighted by molar-refractivity contribution is 5.66. The molecule has 1 aromatic rings. The normalized spacial score (nSPS) is 10.7. The number of hydrogen-bond acceptors (Lipinski definition) is 6. The van der Waals surface area contributed by atoms with Gasteiger partial charge >= 0.3 is 17.9 Å². The number of pyridine rings is 1. The molecule has 1 aromatic heterocycles. The van der Waals surface area contributed by atoms with Crippen LogP contribution in [0.15, 0.2) is 6.20 Å². The van der Waals surface area contributed by atoms with Crippen molar-refractivity contribution in [3.05, 3.63) is 21.9 Å². The molecule has 0 saturated carbocycles. The zero-order chi connectivity index (χ0) is 13.2. The highest BCUT2D eigenvalue weighted by Crippen LogP contribution is 2.34. The van der Waals surface area contributed by atoms with Crippen LogP contribution in [-0.2, 0) is 0 Å². The van der Waals surface area contributed by atoms with Gasteiger partial charge < -0.3 is 10.5 Å². The molecule has 0 saturated heterocycles. The summed E-state index contributed by atoms with van der Waals surface area (Å²) in [5.41, 5.74) is 2.82. The second-order valence-corrected chi connectivity index (χ2v) is 2.66. The Kier molecular flexibility index (Phi) is 3.03. The summed E-state index contributed by atoms with van der Waals surface area (Å²) in [6.07, 6.45) is -4.48.